The number of benzene rings is 1. The highest BCUT2D eigenvalue weighted by Gasteiger charge is 2.42. The number of nitrogens with one attached hydrogen (secondary N) is 1. The number of nitrogens with zero attached hydrogens (tertiary/aromatic N) is 2. The number of amides is 2. The van der Waals surface area contributed by atoms with Gasteiger partial charge in [0.15, 0.2) is 0 Å². The van der Waals surface area contributed by atoms with Crippen molar-refractivity contribution in [3.63, 3.8) is 0 Å². The van der Waals surface area contributed by atoms with E-state index in [1.807, 2.05) is 52.0 Å². The number of aromatic nitrogens is 1. The van der Waals surface area contributed by atoms with E-state index in [1.165, 1.54) is 16.2 Å². The van der Waals surface area contributed by atoms with Crippen molar-refractivity contribution in [1.29, 1.82) is 0 Å². The van der Waals surface area contributed by atoms with Crippen molar-refractivity contribution in [2.45, 2.75) is 65.0 Å². The van der Waals surface area contributed by atoms with Crippen molar-refractivity contribution in [1.82, 2.24) is 15.2 Å². The average Bonchev–Trinajstić information content (AvgIpc) is 3.38. The number of rotatable bonds is 6. The Hall–Kier alpha value is -2.33. The van der Waals surface area contributed by atoms with E-state index in [2.05, 4.69) is 10.3 Å². The number of likely N-dealkylation sites (tertiary alicyclic amines) is 1. The molecule has 3 rings (SSSR count). The van der Waals surface area contributed by atoms with Crippen molar-refractivity contribution in [3.8, 4) is 10.4 Å². The van der Waals surface area contributed by atoms with Crippen LogP contribution in [0.3, 0.4) is 0 Å². The number of aliphatic hydroxyl groups excluding tert-OH is 2. The zero-order valence-corrected chi connectivity index (χ0v) is 19.7. The fraction of sp³-hybridized carbons (Fsp3) is 0.522. The normalized spacial score (nSPS) is 20.8. The molecule has 32 heavy (non-hydrogen) atoms. The molecule has 1 unspecified atom stereocenters. The predicted molar refractivity (Wildman–Crippen MR) is 124 cm³/mol. The third-order valence-electron chi connectivity index (χ3n) is 5.89. The summed E-state index contributed by atoms with van der Waals surface area (Å²) in [6.45, 7) is 7.48. The Kier molecular flexibility index (Phi) is 7.34. The molecule has 0 aliphatic carbocycles. The number of carbonyl (C=O) groups excluding carboxylic acids is 2. The third kappa shape index (κ3) is 5.17. The molecular weight excluding hydrogens is 428 g/mol. The van der Waals surface area contributed by atoms with Crippen LogP contribution in [0.4, 0.5) is 0 Å². The van der Waals surface area contributed by atoms with E-state index in [1.54, 1.807) is 5.51 Å². The summed E-state index contributed by atoms with van der Waals surface area (Å²) in [5.74, 6) is -0.631. The van der Waals surface area contributed by atoms with Gasteiger partial charge in [0.05, 0.1) is 40.9 Å². The molecule has 2 aromatic rings. The van der Waals surface area contributed by atoms with E-state index in [0.29, 0.717) is 5.69 Å². The van der Waals surface area contributed by atoms with E-state index in [-0.39, 0.29) is 37.4 Å². The Morgan fingerprint density at radius 2 is 1.97 bits per heavy atom. The molecule has 2 heterocycles. The number of hydrogen-bond donors (Lipinski definition) is 4. The van der Waals surface area contributed by atoms with Crippen molar-refractivity contribution < 1.29 is 19.8 Å². The van der Waals surface area contributed by atoms with E-state index in [0.717, 1.165) is 16.0 Å². The second-order valence-electron chi connectivity index (χ2n) is 9.38. The molecule has 2 amide bonds. The van der Waals surface area contributed by atoms with Crippen LogP contribution in [-0.2, 0) is 16.2 Å². The summed E-state index contributed by atoms with van der Waals surface area (Å²) in [6.07, 6.45) is -0.563. The van der Waals surface area contributed by atoms with Crippen molar-refractivity contribution in [2.24, 2.45) is 11.1 Å². The molecule has 1 aliphatic heterocycles. The highest BCUT2D eigenvalue weighted by molar-refractivity contribution is 7.13. The molecule has 0 saturated carbocycles. The van der Waals surface area contributed by atoms with E-state index in [9.17, 15) is 19.8 Å². The minimum atomic E-state index is -0.761. The molecular formula is C23H32N4O4S. The fourth-order valence-electron chi connectivity index (χ4n) is 3.79. The van der Waals surface area contributed by atoms with Crippen molar-refractivity contribution >= 4 is 23.2 Å². The van der Waals surface area contributed by atoms with Crippen LogP contribution >= 0.6 is 11.3 Å². The summed E-state index contributed by atoms with van der Waals surface area (Å²) in [5.41, 5.74) is 9.87. The SMILES string of the molecule is C[C@H](NC(=O)[C@@H]1C[C@@H](O)CN1C(=O)C(N)C(C)(C)C)c1ccc(-c2scnc2CO)cc1. The molecule has 9 heteroatoms. The molecule has 4 atom stereocenters. The molecule has 1 aromatic carbocycles. The number of hydrogen-bond acceptors (Lipinski definition) is 7. The minimum Gasteiger partial charge on any atom is -0.391 e. The van der Waals surface area contributed by atoms with Gasteiger partial charge in [-0.25, -0.2) is 4.98 Å². The van der Waals surface area contributed by atoms with Gasteiger partial charge in [-0.15, -0.1) is 11.3 Å². The van der Waals surface area contributed by atoms with Crippen LogP contribution in [0.5, 0.6) is 0 Å². The Balaban J connectivity index is 1.69. The second-order valence-corrected chi connectivity index (χ2v) is 10.2. The molecule has 1 aromatic heterocycles. The van der Waals surface area contributed by atoms with Crippen LogP contribution < -0.4 is 11.1 Å². The van der Waals surface area contributed by atoms with Crippen LogP contribution in [0.15, 0.2) is 29.8 Å². The topological polar surface area (TPSA) is 129 Å². The first kappa shape index (κ1) is 24.3. The minimum absolute atomic E-state index is 0.103. The number of aliphatic hydroxyl groups is 2. The maximum atomic E-state index is 13.0. The maximum absolute atomic E-state index is 13.0. The summed E-state index contributed by atoms with van der Waals surface area (Å²) in [5, 5.41) is 22.5. The van der Waals surface area contributed by atoms with Gasteiger partial charge in [-0.2, -0.15) is 0 Å². The van der Waals surface area contributed by atoms with E-state index in [4.69, 9.17) is 5.73 Å². The molecule has 0 radical (unpaired) electrons. The molecule has 5 N–H and O–H groups in total. The number of β-amino-alcohol motifs (C(OH)–C–C–N with tert-alkyl or cyclic N) is 1. The van der Waals surface area contributed by atoms with Gasteiger partial charge in [0.25, 0.3) is 0 Å². The summed E-state index contributed by atoms with van der Waals surface area (Å²) >= 11 is 1.46. The Bertz CT molecular complexity index is 954. The summed E-state index contributed by atoms with van der Waals surface area (Å²) < 4.78 is 0. The van der Waals surface area contributed by atoms with Crippen LogP contribution in [0.25, 0.3) is 10.4 Å². The predicted octanol–water partition coefficient (Wildman–Crippen LogP) is 1.81. The molecule has 1 saturated heterocycles. The van der Waals surface area contributed by atoms with Crippen LogP contribution in [0.2, 0.25) is 0 Å². The van der Waals surface area contributed by atoms with Gasteiger partial charge in [-0.1, -0.05) is 45.0 Å². The van der Waals surface area contributed by atoms with Crippen LogP contribution in [0.1, 0.15) is 51.4 Å². The van der Waals surface area contributed by atoms with E-state index >= 15 is 0 Å². The first-order valence-electron chi connectivity index (χ1n) is 10.7. The van der Waals surface area contributed by atoms with Crippen LogP contribution in [-0.4, -0.2) is 56.6 Å². The second kappa shape index (κ2) is 9.66. The molecule has 8 nitrogen and oxygen atoms in total. The van der Waals surface area contributed by atoms with Gasteiger partial charge in [0, 0.05) is 13.0 Å². The quantitative estimate of drug-likeness (QED) is 0.520. The summed E-state index contributed by atoms with van der Waals surface area (Å²) in [7, 11) is 0. The van der Waals surface area contributed by atoms with Crippen LogP contribution in [0, 0.1) is 5.41 Å². The first-order chi connectivity index (χ1) is 15.0. The standard InChI is InChI=1S/C23H32N4O4S/c1-13(14-5-7-15(8-6-14)19-17(11-28)25-12-32-19)26-21(30)18-9-16(29)10-27(18)22(31)20(24)23(2,3)4/h5-8,12-13,16,18,20,28-29H,9-11,24H2,1-4H3,(H,26,30)/t13-,16+,18-,20?/m0/s1. The zero-order valence-electron chi connectivity index (χ0n) is 18.9. The smallest absolute Gasteiger partial charge is 0.243 e. The maximum Gasteiger partial charge on any atom is 0.243 e. The van der Waals surface area contributed by atoms with Gasteiger partial charge in [-0.3, -0.25) is 9.59 Å². The number of nitrogens with two attached hydrogens (primary N) is 1. The van der Waals surface area contributed by atoms with Gasteiger partial charge >= 0.3 is 0 Å². The van der Waals surface area contributed by atoms with Crippen molar-refractivity contribution in [2.75, 3.05) is 6.54 Å². The van der Waals surface area contributed by atoms with Crippen molar-refractivity contribution in [3.05, 3.63) is 41.0 Å². The van der Waals surface area contributed by atoms with E-state index < -0.39 is 23.6 Å². The molecule has 1 fully saturated rings. The number of carbonyl (C=O) groups is 2. The Morgan fingerprint density at radius 1 is 1.31 bits per heavy atom. The lowest BCUT2D eigenvalue weighted by Gasteiger charge is -2.32. The van der Waals surface area contributed by atoms with Gasteiger partial charge < -0.3 is 26.2 Å². The lowest BCUT2D eigenvalue weighted by molar-refractivity contribution is -0.141. The molecule has 0 bridgehead atoms. The molecule has 0 spiro atoms. The zero-order chi connectivity index (χ0) is 23.6. The summed E-state index contributed by atoms with van der Waals surface area (Å²) in [6, 6.07) is 5.90. The molecule has 1 aliphatic rings. The fourth-order valence-corrected chi connectivity index (χ4v) is 4.60. The average molecular weight is 461 g/mol. The van der Waals surface area contributed by atoms with Gasteiger partial charge in [0.1, 0.15) is 6.04 Å². The highest BCUT2D eigenvalue weighted by atomic mass is 32.1. The Morgan fingerprint density at radius 3 is 2.56 bits per heavy atom. The third-order valence-corrected chi connectivity index (χ3v) is 6.80. The monoisotopic (exact) mass is 460 g/mol. The number of thiazole rings is 1. The molecule has 174 valence electrons. The highest BCUT2D eigenvalue weighted by Crippen LogP contribution is 2.29. The van der Waals surface area contributed by atoms with Gasteiger partial charge in [-0.05, 0) is 23.5 Å². The Labute approximate surface area is 192 Å². The first-order valence-corrected chi connectivity index (χ1v) is 11.6. The lowest BCUT2D eigenvalue weighted by Crippen LogP contribution is -2.55. The van der Waals surface area contributed by atoms with Gasteiger partial charge in [0.2, 0.25) is 11.8 Å². The lowest BCUT2D eigenvalue weighted by atomic mass is 9.86. The largest absolute Gasteiger partial charge is 0.391 e. The summed E-state index contributed by atoms with van der Waals surface area (Å²) in [4.78, 5) is 32.4.